The number of rotatable bonds is 5. The van der Waals surface area contributed by atoms with Crippen molar-refractivity contribution in [1.82, 2.24) is 0 Å². The Morgan fingerprint density at radius 1 is 0.706 bits per heavy atom. The highest BCUT2D eigenvalue weighted by molar-refractivity contribution is 14.1. The van der Waals surface area contributed by atoms with E-state index in [1.807, 2.05) is 0 Å². The Morgan fingerprint density at radius 2 is 1.24 bits per heavy atom. The number of hydrogen-bond acceptors (Lipinski definition) is 1. The summed E-state index contributed by atoms with van der Waals surface area (Å²) < 4.78 is 2.25. The summed E-state index contributed by atoms with van der Waals surface area (Å²) in [6, 6.07) is 35.1. The predicted octanol–water partition coefficient (Wildman–Crippen LogP) is 10.2. The number of halogens is 1. The monoisotopic (exact) mass is 557 g/mol. The van der Waals surface area contributed by atoms with E-state index in [1.165, 1.54) is 44.6 Å². The van der Waals surface area contributed by atoms with Crippen molar-refractivity contribution in [3.8, 4) is 22.3 Å². The zero-order valence-electron chi connectivity index (χ0n) is 20.6. The van der Waals surface area contributed by atoms with Crippen molar-refractivity contribution in [2.75, 3.05) is 3.11 Å². The molecule has 0 saturated carbocycles. The summed E-state index contributed by atoms with van der Waals surface area (Å²) in [5, 5.41) is 0. The molecule has 4 aromatic rings. The third-order valence-electron chi connectivity index (χ3n) is 6.35. The molecule has 0 unspecified atom stereocenters. The highest BCUT2D eigenvalue weighted by Crippen LogP contribution is 2.39. The molecule has 4 rings (SSSR count). The lowest BCUT2D eigenvalue weighted by atomic mass is 9.86. The standard InChI is InChI=1S/C32H32IN/c1-6-23(2)30-22-27(26-12-17-28(18-13-26)32(3,4)5)16-21-31(30)34(33)29-19-14-25(15-20-29)24-10-8-7-9-11-24/h6-22H,1-5H3/b23-6+. The molecule has 0 heterocycles. The van der Waals surface area contributed by atoms with E-state index in [9.17, 15) is 0 Å². The van der Waals surface area contributed by atoms with E-state index < -0.39 is 0 Å². The van der Waals surface area contributed by atoms with Gasteiger partial charge in [-0.05, 0) is 76.9 Å². The van der Waals surface area contributed by atoms with Gasteiger partial charge in [0.25, 0.3) is 0 Å². The average Bonchev–Trinajstić information content (AvgIpc) is 2.87. The van der Waals surface area contributed by atoms with Crippen molar-refractivity contribution < 1.29 is 0 Å². The van der Waals surface area contributed by atoms with Gasteiger partial charge < -0.3 is 0 Å². The molecule has 4 aromatic carbocycles. The van der Waals surface area contributed by atoms with Gasteiger partial charge in [-0.25, -0.2) is 0 Å². The SMILES string of the molecule is C/C=C(\C)c1cc(-c2ccc(C(C)(C)C)cc2)ccc1N(I)c1ccc(-c2ccccc2)cc1. The van der Waals surface area contributed by atoms with E-state index in [1.54, 1.807) is 0 Å². The molecular weight excluding hydrogens is 525 g/mol. The summed E-state index contributed by atoms with van der Waals surface area (Å²) in [6.45, 7) is 11.1. The van der Waals surface area contributed by atoms with Gasteiger partial charge in [0.05, 0.1) is 34.2 Å². The lowest BCUT2D eigenvalue weighted by Gasteiger charge is -2.22. The van der Waals surface area contributed by atoms with Crippen LogP contribution in [0, 0.1) is 0 Å². The Balaban J connectivity index is 1.68. The fraction of sp³-hybridized carbons (Fsp3) is 0.188. The van der Waals surface area contributed by atoms with Gasteiger partial charge in [-0.3, -0.25) is 3.11 Å². The van der Waals surface area contributed by atoms with Crippen LogP contribution < -0.4 is 3.11 Å². The molecule has 0 amide bonds. The molecule has 0 aliphatic heterocycles. The number of hydrogen-bond donors (Lipinski definition) is 0. The maximum atomic E-state index is 2.42. The Hall–Kier alpha value is -2.85. The van der Waals surface area contributed by atoms with Crippen molar-refractivity contribution >= 4 is 39.8 Å². The minimum atomic E-state index is 0.160. The van der Waals surface area contributed by atoms with Crippen LogP contribution in [0.1, 0.15) is 45.7 Å². The zero-order valence-corrected chi connectivity index (χ0v) is 22.8. The molecule has 0 fully saturated rings. The van der Waals surface area contributed by atoms with Crippen LogP contribution in [0.3, 0.4) is 0 Å². The normalized spacial score (nSPS) is 12.0. The van der Waals surface area contributed by atoms with Crippen LogP contribution in [0.15, 0.2) is 103 Å². The van der Waals surface area contributed by atoms with Crippen LogP contribution in [0.5, 0.6) is 0 Å². The summed E-state index contributed by atoms with van der Waals surface area (Å²) in [4.78, 5) is 0. The Bertz CT molecular complexity index is 1280. The Labute approximate surface area is 218 Å². The van der Waals surface area contributed by atoms with Gasteiger partial charge in [0.1, 0.15) is 0 Å². The number of anilines is 2. The fourth-order valence-electron chi connectivity index (χ4n) is 4.08. The van der Waals surface area contributed by atoms with Crippen LogP contribution >= 0.6 is 22.9 Å². The first kappa shape index (κ1) is 24.3. The summed E-state index contributed by atoms with van der Waals surface area (Å²) >= 11 is 2.42. The van der Waals surface area contributed by atoms with Crippen LogP contribution in [0.4, 0.5) is 11.4 Å². The molecule has 0 N–H and O–H groups in total. The quantitative estimate of drug-likeness (QED) is 0.174. The summed E-state index contributed by atoms with van der Waals surface area (Å²) in [5.74, 6) is 0. The van der Waals surface area contributed by atoms with E-state index in [4.69, 9.17) is 0 Å². The summed E-state index contributed by atoms with van der Waals surface area (Å²) in [5.41, 5.74) is 11.3. The number of allylic oxidation sites excluding steroid dienone is 2. The third-order valence-corrected chi connectivity index (χ3v) is 7.43. The third kappa shape index (κ3) is 5.28. The molecule has 0 saturated heterocycles. The largest absolute Gasteiger partial charge is 0.282 e. The van der Waals surface area contributed by atoms with Crippen molar-refractivity contribution in [3.63, 3.8) is 0 Å². The molecule has 0 bridgehead atoms. The van der Waals surface area contributed by atoms with Gasteiger partial charge in [-0.2, -0.15) is 0 Å². The van der Waals surface area contributed by atoms with Crippen LogP contribution in [-0.4, -0.2) is 0 Å². The molecule has 172 valence electrons. The molecule has 0 aromatic heterocycles. The Morgan fingerprint density at radius 3 is 1.82 bits per heavy atom. The first-order chi connectivity index (χ1) is 16.3. The van der Waals surface area contributed by atoms with E-state index in [0.29, 0.717) is 0 Å². The smallest absolute Gasteiger partial charge is 0.0646 e. The molecule has 2 heteroatoms. The van der Waals surface area contributed by atoms with E-state index >= 15 is 0 Å². The minimum absolute atomic E-state index is 0.160. The van der Waals surface area contributed by atoms with Gasteiger partial charge in [-0.1, -0.05) is 99.6 Å². The van der Waals surface area contributed by atoms with Crippen LogP contribution in [0.2, 0.25) is 0 Å². The topological polar surface area (TPSA) is 3.24 Å². The first-order valence-electron chi connectivity index (χ1n) is 11.8. The van der Waals surface area contributed by atoms with Gasteiger partial charge >= 0.3 is 0 Å². The molecule has 0 atom stereocenters. The molecule has 0 radical (unpaired) electrons. The predicted molar refractivity (Wildman–Crippen MR) is 158 cm³/mol. The second-order valence-electron chi connectivity index (χ2n) is 9.72. The number of benzene rings is 4. The summed E-state index contributed by atoms with van der Waals surface area (Å²) in [6.07, 6.45) is 2.19. The second kappa shape index (κ2) is 10.2. The van der Waals surface area contributed by atoms with Crippen molar-refractivity contribution in [2.45, 2.75) is 40.0 Å². The molecule has 0 aliphatic carbocycles. The molecule has 34 heavy (non-hydrogen) atoms. The van der Waals surface area contributed by atoms with Crippen molar-refractivity contribution in [2.24, 2.45) is 0 Å². The molecule has 0 spiro atoms. The molecule has 1 nitrogen and oxygen atoms in total. The first-order valence-corrected chi connectivity index (χ1v) is 12.7. The lowest BCUT2D eigenvalue weighted by Crippen LogP contribution is -2.10. The zero-order chi connectivity index (χ0) is 24.3. The van der Waals surface area contributed by atoms with E-state index in [-0.39, 0.29) is 5.41 Å². The van der Waals surface area contributed by atoms with Crippen molar-refractivity contribution in [3.05, 3.63) is 114 Å². The van der Waals surface area contributed by atoms with Gasteiger partial charge in [0.15, 0.2) is 0 Å². The van der Waals surface area contributed by atoms with E-state index in [2.05, 4.69) is 164 Å². The van der Waals surface area contributed by atoms with Crippen molar-refractivity contribution in [1.29, 1.82) is 0 Å². The molecule has 0 aliphatic rings. The minimum Gasteiger partial charge on any atom is -0.282 e. The van der Waals surface area contributed by atoms with Gasteiger partial charge in [0.2, 0.25) is 0 Å². The maximum Gasteiger partial charge on any atom is 0.0646 e. The lowest BCUT2D eigenvalue weighted by molar-refractivity contribution is 0.590. The second-order valence-corrected chi connectivity index (χ2v) is 10.7. The Kier molecular flexibility index (Phi) is 7.27. The fourth-order valence-corrected chi connectivity index (χ4v) is 4.82. The number of nitrogens with zero attached hydrogens (tertiary/aromatic N) is 1. The average molecular weight is 558 g/mol. The van der Waals surface area contributed by atoms with E-state index in [0.717, 1.165) is 5.69 Å². The highest BCUT2D eigenvalue weighted by atomic mass is 127. The summed E-state index contributed by atoms with van der Waals surface area (Å²) in [7, 11) is 0. The van der Waals surface area contributed by atoms with Gasteiger partial charge in [0, 0.05) is 5.56 Å². The van der Waals surface area contributed by atoms with Gasteiger partial charge in [-0.15, -0.1) is 0 Å². The highest BCUT2D eigenvalue weighted by Gasteiger charge is 2.16. The maximum absolute atomic E-state index is 2.42. The van der Waals surface area contributed by atoms with Crippen LogP contribution in [0.25, 0.3) is 27.8 Å². The van der Waals surface area contributed by atoms with Crippen LogP contribution in [-0.2, 0) is 5.41 Å². The molecular formula is C32H32IN.